The second-order valence-corrected chi connectivity index (χ2v) is 3.21. The molecule has 54 valence electrons. The summed E-state index contributed by atoms with van der Waals surface area (Å²) in [5, 5.41) is 0. The summed E-state index contributed by atoms with van der Waals surface area (Å²) in [6, 6.07) is 0. The lowest BCUT2D eigenvalue weighted by Gasteiger charge is -2.30. The molecule has 0 radical (unpaired) electrons. The Morgan fingerprint density at radius 3 is 2.22 bits per heavy atom. The second kappa shape index (κ2) is 2.70. The minimum Gasteiger partial charge on any atom is -0.375 e. The highest BCUT2D eigenvalue weighted by atomic mass is 16.5. The molecule has 1 rings (SSSR count). The van der Waals surface area contributed by atoms with Gasteiger partial charge < -0.3 is 4.74 Å². The van der Waals surface area contributed by atoms with Crippen LogP contribution in [0.25, 0.3) is 0 Å². The SMILES string of the molecule is C[C@@H]1O[C@@H](C)CC[C@@H]1C. The first kappa shape index (κ1) is 7.07. The third-order valence-electron chi connectivity index (χ3n) is 2.28. The van der Waals surface area contributed by atoms with E-state index in [4.69, 9.17) is 4.74 Å². The minimum atomic E-state index is 0.480. The molecule has 0 bridgehead atoms. The van der Waals surface area contributed by atoms with Crippen molar-refractivity contribution in [2.24, 2.45) is 5.92 Å². The van der Waals surface area contributed by atoms with Gasteiger partial charge in [0.1, 0.15) is 0 Å². The molecule has 1 heteroatoms. The van der Waals surface area contributed by atoms with E-state index in [1.807, 2.05) is 0 Å². The summed E-state index contributed by atoms with van der Waals surface area (Å²) in [5.41, 5.74) is 0. The number of hydrogen-bond donors (Lipinski definition) is 0. The van der Waals surface area contributed by atoms with Crippen molar-refractivity contribution in [1.29, 1.82) is 0 Å². The van der Waals surface area contributed by atoms with Crippen molar-refractivity contribution in [3.05, 3.63) is 0 Å². The lowest BCUT2D eigenvalue weighted by atomic mass is 9.95. The molecular formula is C8H16O. The fraction of sp³-hybridized carbons (Fsp3) is 1.00. The van der Waals surface area contributed by atoms with E-state index >= 15 is 0 Å². The van der Waals surface area contributed by atoms with Crippen LogP contribution in [0.3, 0.4) is 0 Å². The van der Waals surface area contributed by atoms with Gasteiger partial charge in [0.2, 0.25) is 0 Å². The third kappa shape index (κ3) is 1.68. The first-order valence-electron chi connectivity index (χ1n) is 3.85. The summed E-state index contributed by atoms with van der Waals surface area (Å²) in [4.78, 5) is 0. The predicted octanol–water partition coefficient (Wildman–Crippen LogP) is 2.21. The van der Waals surface area contributed by atoms with E-state index < -0.39 is 0 Å². The molecule has 0 N–H and O–H groups in total. The quantitative estimate of drug-likeness (QED) is 0.486. The molecule has 3 atom stereocenters. The average Bonchev–Trinajstić information content (AvgIpc) is 1.80. The molecule has 0 spiro atoms. The van der Waals surface area contributed by atoms with Crippen molar-refractivity contribution < 1.29 is 4.74 Å². The van der Waals surface area contributed by atoms with E-state index in [1.165, 1.54) is 12.8 Å². The van der Waals surface area contributed by atoms with Gasteiger partial charge in [0, 0.05) is 0 Å². The lowest BCUT2D eigenvalue weighted by molar-refractivity contribution is -0.0594. The zero-order valence-electron chi connectivity index (χ0n) is 6.55. The topological polar surface area (TPSA) is 9.23 Å². The fourth-order valence-corrected chi connectivity index (χ4v) is 1.30. The summed E-state index contributed by atoms with van der Waals surface area (Å²) in [6.45, 7) is 6.58. The second-order valence-electron chi connectivity index (χ2n) is 3.21. The van der Waals surface area contributed by atoms with Gasteiger partial charge in [0.05, 0.1) is 12.2 Å². The van der Waals surface area contributed by atoms with Crippen LogP contribution in [0.15, 0.2) is 0 Å². The van der Waals surface area contributed by atoms with E-state index in [1.54, 1.807) is 0 Å². The van der Waals surface area contributed by atoms with Crippen molar-refractivity contribution >= 4 is 0 Å². The van der Waals surface area contributed by atoms with E-state index in [0.29, 0.717) is 12.2 Å². The van der Waals surface area contributed by atoms with Crippen LogP contribution >= 0.6 is 0 Å². The Morgan fingerprint density at radius 1 is 1.11 bits per heavy atom. The zero-order valence-corrected chi connectivity index (χ0v) is 6.55. The van der Waals surface area contributed by atoms with Gasteiger partial charge in [-0.3, -0.25) is 0 Å². The molecule has 0 amide bonds. The molecule has 1 nitrogen and oxygen atoms in total. The van der Waals surface area contributed by atoms with E-state index in [2.05, 4.69) is 20.8 Å². The number of hydrogen-bond acceptors (Lipinski definition) is 1. The van der Waals surface area contributed by atoms with Gasteiger partial charge in [-0.2, -0.15) is 0 Å². The van der Waals surface area contributed by atoms with Crippen LogP contribution in [0, 0.1) is 5.92 Å². The lowest BCUT2D eigenvalue weighted by Crippen LogP contribution is -2.29. The van der Waals surface area contributed by atoms with Gasteiger partial charge in [-0.25, -0.2) is 0 Å². The Labute approximate surface area is 57.4 Å². The molecule has 0 aromatic rings. The number of ether oxygens (including phenoxy) is 1. The zero-order chi connectivity index (χ0) is 6.85. The van der Waals surface area contributed by atoms with Crippen molar-refractivity contribution in [1.82, 2.24) is 0 Å². The van der Waals surface area contributed by atoms with E-state index in [-0.39, 0.29) is 0 Å². The van der Waals surface area contributed by atoms with E-state index in [0.717, 1.165) is 5.92 Å². The van der Waals surface area contributed by atoms with Gasteiger partial charge in [-0.05, 0) is 32.6 Å². The average molecular weight is 128 g/mol. The molecule has 0 unspecified atom stereocenters. The van der Waals surface area contributed by atoms with Gasteiger partial charge in [-0.1, -0.05) is 6.92 Å². The Hall–Kier alpha value is -0.0400. The van der Waals surface area contributed by atoms with E-state index in [9.17, 15) is 0 Å². The summed E-state index contributed by atoms with van der Waals surface area (Å²) < 4.78 is 5.60. The Balaban J connectivity index is 2.35. The smallest absolute Gasteiger partial charge is 0.0576 e. The van der Waals surface area contributed by atoms with Crippen LogP contribution in [-0.2, 0) is 4.74 Å². The van der Waals surface area contributed by atoms with Crippen molar-refractivity contribution in [2.45, 2.75) is 45.8 Å². The summed E-state index contributed by atoms with van der Waals surface area (Å²) in [6.07, 6.45) is 3.55. The monoisotopic (exact) mass is 128 g/mol. The molecule has 1 heterocycles. The molecule has 9 heavy (non-hydrogen) atoms. The van der Waals surface area contributed by atoms with Gasteiger partial charge in [-0.15, -0.1) is 0 Å². The van der Waals surface area contributed by atoms with Crippen LogP contribution in [0.5, 0.6) is 0 Å². The minimum absolute atomic E-state index is 0.480. The molecule has 0 aromatic carbocycles. The molecule has 1 aliphatic heterocycles. The molecule has 1 fully saturated rings. The Morgan fingerprint density at radius 2 is 1.78 bits per heavy atom. The van der Waals surface area contributed by atoms with Crippen LogP contribution in [-0.4, -0.2) is 12.2 Å². The normalized spacial score (nSPS) is 45.0. The molecular weight excluding hydrogens is 112 g/mol. The van der Waals surface area contributed by atoms with Crippen LogP contribution in [0.4, 0.5) is 0 Å². The third-order valence-corrected chi connectivity index (χ3v) is 2.28. The van der Waals surface area contributed by atoms with Crippen LogP contribution < -0.4 is 0 Å². The summed E-state index contributed by atoms with van der Waals surface area (Å²) in [5.74, 6) is 0.765. The molecule has 0 saturated carbocycles. The largest absolute Gasteiger partial charge is 0.375 e. The summed E-state index contributed by atoms with van der Waals surface area (Å²) in [7, 11) is 0. The summed E-state index contributed by atoms with van der Waals surface area (Å²) >= 11 is 0. The molecule has 0 aromatic heterocycles. The van der Waals surface area contributed by atoms with Crippen LogP contribution in [0.2, 0.25) is 0 Å². The maximum Gasteiger partial charge on any atom is 0.0576 e. The highest BCUT2D eigenvalue weighted by molar-refractivity contribution is 4.70. The molecule has 1 saturated heterocycles. The Bertz CT molecular complexity index is 90.6. The fourth-order valence-electron chi connectivity index (χ4n) is 1.30. The Kier molecular flexibility index (Phi) is 2.12. The first-order valence-corrected chi connectivity index (χ1v) is 3.85. The maximum atomic E-state index is 5.60. The van der Waals surface area contributed by atoms with Gasteiger partial charge >= 0.3 is 0 Å². The molecule has 1 aliphatic rings. The standard InChI is InChI=1S/C8H16O/c1-6-4-5-7(2)9-8(6)3/h6-8H,4-5H2,1-3H3/t6-,7-,8-/m0/s1. The van der Waals surface area contributed by atoms with Crippen molar-refractivity contribution in [3.63, 3.8) is 0 Å². The van der Waals surface area contributed by atoms with Crippen molar-refractivity contribution in [3.8, 4) is 0 Å². The van der Waals surface area contributed by atoms with Gasteiger partial charge in [0.25, 0.3) is 0 Å². The first-order chi connectivity index (χ1) is 4.20. The van der Waals surface area contributed by atoms with Gasteiger partial charge in [0.15, 0.2) is 0 Å². The number of rotatable bonds is 0. The van der Waals surface area contributed by atoms with Crippen LogP contribution in [0.1, 0.15) is 33.6 Å². The van der Waals surface area contributed by atoms with Crippen molar-refractivity contribution in [2.75, 3.05) is 0 Å². The maximum absolute atomic E-state index is 5.60. The highest BCUT2D eigenvalue weighted by Gasteiger charge is 2.21. The molecule has 0 aliphatic carbocycles. The predicted molar refractivity (Wildman–Crippen MR) is 38.4 cm³/mol. The highest BCUT2D eigenvalue weighted by Crippen LogP contribution is 2.23.